The van der Waals surface area contributed by atoms with Crippen LogP contribution in [0.4, 0.5) is 0 Å². The van der Waals surface area contributed by atoms with Crippen molar-refractivity contribution in [1.82, 2.24) is 9.73 Å². The summed E-state index contributed by atoms with van der Waals surface area (Å²) in [4.78, 5) is 12.0. The Morgan fingerprint density at radius 1 is 1.27 bits per heavy atom. The zero-order valence-electron chi connectivity index (χ0n) is 16.6. The first-order valence-electron chi connectivity index (χ1n) is 8.76. The Morgan fingerprint density at radius 2 is 2.00 bits per heavy atom. The lowest BCUT2D eigenvalue weighted by Crippen LogP contribution is -2.36. The number of aromatic hydroxyl groups is 1. The summed E-state index contributed by atoms with van der Waals surface area (Å²) in [5.74, 6) is -0.0203. The van der Waals surface area contributed by atoms with E-state index in [2.05, 4.69) is 10.5 Å². The number of methoxy groups -OCH3 is 1. The van der Waals surface area contributed by atoms with Gasteiger partial charge in [-0.25, -0.2) is 13.8 Å². The molecule has 0 aromatic heterocycles. The van der Waals surface area contributed by atoms with E-state index in [-0.39, 0.29) is 21.4 Å². The van der Waals surface area contributed by atoms with E-state index in [9.17, 15) is 18.3 Å². The monoisotopic (exact) mass is 455 g/mol. The number of carbonyl (C=O) groups is 1. The topological polar surface area (TPSA) is 118 Å². The molecule has 0 aliphatic carbocycles. The minimum absolute atomic E-state index is 0.0106. The van der Waals surface area contributed by atoms with Crippen molar-refractivity contribution in [3.8, 4) is 17.2 Å². The van der Waals surface area contributed by atoms with E-state index < -0.39 is 22.5 Å². The smallest absolute Gasteiger partial charge is 0.255 e. The van der Waals surface area contributed by atoms with E-state index in [1.165, 1.54) is 44.6 Å². The third kappa shape index (κ3) is 5.85. The second-order valence-electron chi connectivity index (χ2n) is 6.01. The summed E-state index contributed by atoms with van der Waals surface area (Å²) in [6.45, 7) is 1.71. The zero-order chi connectivity index (χ0) is 22.3. The van der Waals surface area contributed by atoms with Gasteiger partial charge in [0, 0.05) is 7.05 Å². The molecule has 0 atom stereocenters. The van der Waals surface area contributed by atoms with Gasteiger partial charge in [-0.05, 0) is 48.9 Å². The highest BCUT2D eigenvalue weighted by atomic mass is 35.5. The number of nitrogens with zero attached hydrogens (tertiary/aromatic N) is 2. The summed E-state index contributed by atoms with van der Waals surface area (Å²) in [7, 11) is -1.25. The molecule has 0 aliphatic heterocycles. The first-order chi connectivity index (χ1) is 14.2. The summed E-state index contributed by atoms with van der Waals surface area (Å²) in [5.41, 5.74) is 2.83. The van der Waals surface area contributed by atoms with Crippen molar-refractivity contribution in [2.45, 2.75) is 11.8 Å². The van der Waals surface area contributed by atoms with Crippen molar-refractivity contribution in [2.24, 2.45) is 5.10 Å². The number of halogens is 1. The van der Waals surface area contributed by atoms with Gasteiger partial charge in [0.25, 0.3) is 5.91 Å². The Balaban J connectivity index is 2.01. The second-order valence-corrected chi connectivity index (χ2v) is 8.46. The molecule has 0 saturated heterocycles. The van der Waals surface area contributed by atoms with Crippen LogP contribution >= 0.6 is 11.6 Å². The molecule has 0 spiro atoms. The van der Waals surface area contributed by atoms with Gasteiger partial charge in [-0.1, -0.05) is 11.6 Å². The summed E-state index contributed by atoms with van der Waals surface area (Å²) < 4.78 is 36.4. The Kier molecular flexibility index (Phi) is 8.04. The van der Waals surface area contributed by atoms with Crippen molar-refractivity contribution < 1.29 is 27.8 Å². The van der Waals surface area contributed by atoms with Gasteiger partial charge in [0.15, 0.2) is 11.5 Å². The van der Waals surface area contributed by atoms with Crippen molar-refractivity contribution in [2.75, 3.05) is 27.3 Å². The van der Waals surface area contributed by atoms with Crippen LogP contribution < -0.4 is 14.9 Å². The molecule has 0 bridgehead atoms. The van der Waals surface area contributed by atoms with E-state index in [1.54, 1.807) is 19.1 Å². The summed E-state index contributed by atoms with van der Waals surface area (Å²) in [6, 6.07) is 8.60. The maximum Gasteiger partial charge on any atom is 0.255 e. The number of phenolic OH excluding ortho intramolecular Hbond substituents is 1. The fourth-order valence-electron chi connectivity index (χ4n) is 2.37. The standard InChI is InChI=1S/C19H22ClN3O6S/c1-4-29-18-9-13(5-7-16(18)24)11-21-22-19(25)12-23(2)30(26,27)14-6-8-17(28-3)15(20)10-14/h5-11,24H,4,12H2,1-3H3,(H,22,25)/b21-11+. The van der Waals surface area contributed by atoms with Gasteiger partial charge >= 0.3 is 0 Å². The lowest BCUT2D eigenvalue weighted by atomic mass is 10.2. The third-order valence-electron chi connectivity index (χ3n) is 3.88. The molecule has 2 N–H and O–H groups in total. The number of phenols is 1. The van der Waals surface area contributed by atoms with Crippen LogP contribution in [-0.2, 0) is 14.8 Å². The second kappa shape index (κ2) is 10.3. The lowest BCUT2D eigenvalue weighted by Gasteiger charge is -2.16. The third-order valence-corrected chi connectivity index (χ3v) is 5.98. The summed E-state index contributed by atoms with van der Waals surface area (Å²) in [5, 5.41) is 13.6. The number of hydrazone groups is 1. The Morgan fingerprint density at radius 3 is 2.63 bits per heavy atom. The number of carbonyl (C=O) groups excluding carboxylic acids is 1. The van der Waals surface area contributed by atoms with Gasteiger partial charge in [0.05, 0.1) is 36.4 Å². The van der Waals surface area contributed by atoms with E-state index in [1.807, 2.05) is 0 Å². The highest BCUT2D eigenvalue weighted by Gasteiger charge is 2.23. The first-order valence-corrected chi connectivity index (χ1v) is 10.6. The van der Waals surface area contributed by atoms with Crippen LogP contribution in [0.1, 0.15) is 12.5 Å². The molecule has 0 unspecified atom stereocenters. The Labute approximate surface area is 179 Å². The van der Waals surface area contributed by atoms with Gasteiger partial charge in [0.1, 0.15) is 5.75 Å². The molecule has 0 heterocycles. The summed E-state index contributed by atoms with van der Waals surface area (Å²) >= 11 is 5.98. The molecule has 0 fully saturated rings. The van der Waals surface area contributed by atoms with E-state index in [0.717, 1.165) is 4.31 Å². The summed E-state index contributed by atoms with van der Waals surface area (Å²) in [6.07, 6.45) is 1.34. The average molecular weight is 456 g/mol. The quantitative estimate of drug-likeness (QED) is 0.442. The first kappa shape index (κ1) is 23.5. The molecule has 0 aliphatic rings. The number of benzene rings is 2. The van der Waals surface area contributed by atoms with E-state index in [0.29, 0.717) is 17.9 Å². The number of hydrogen-bond donors (Lipinski definition) is 2. The molecule has 2 aromatic rings. The van der Waals surface area contributed by atoms with Crippen LogP contribution in [0.2, 0.25) is 5.02 Å². The van der Waals surface area contributed by atoms with Crippen molar-refractivity contribution >= 4 is 33.7 Å². The van der Waals surface area contributed by atoms with Gasteiger partial charge < -0.3 is 14.6 Å². The van der Waals surface area contributed by atoms with Crippen LogP contribution in [0.5, 0.6) is 17.2 Å². The van der Waals surface area contributed by atoms with Gasteiger partial charge in [-0.2, -0.15) is 9.41 Å². The number of rotatable bonds is 9. The van der Waals surface area contributed by atoms with Crippen LogP contribution in [0.15, 0.2) is 46.4 Å². The normalized spacial score (nSPS) is 11.6. The number of hydrogen-bond acceptors (Lipinski definition) is 7. The molecule has 0 saturated carbocycles. The minimum atomic E-state index is -3.94. The molecule has 30 heavy (non-hydrogen) atoms. The molecule has 1 amide bonds. The number of amides is 1. The molecule has 2 aromatic carbocycles. The van der Waals surface area contributed by atoms with Crippen molar-refractivity contribution in [1.29, 1.82) is 0 Å². The maximum absolute atomic E-state index is 12.6. The van der Waals surface area contributed by atoms with Crippen LogP contribution in [-0.4, -0.2) is 57.3 Å². The minimum Gasteiger partial charge on any atom is -0.504 e. The van der Waals surface area contributed by atoms with Gasteiger partial charge in [-0.3, -0.25) is 4.79 Å². The fourth-order valence-corrected chi connectivity index (χ4v) is 3.85. The molecule has 2 rings (SSSR count). The van der Waals surface area contributed by atoms with E-state index in [4.69, 9.17) is 21.1 Å². The molecule has 0 radical (unpaired) electrons. The Hall–Kier alpha value is -2.82. The highest BCUT2D eigenvalue weighted by Crippen LogP contribution is 2.28. The fraction of sp³-hybridized carbons (Fsp3) is 0.263. The largest absolute Gasteiger partial charge is 0.504 e. The molecule has 9 nitrogen and oxygen atoms in total. The van der Waals surface area contributed by atoms with Gasteiger partial charge in [-0.15, -0.1) is 0 Å². The van der Waals surface area contributed by atoms with Gasteiger partial charge in [0.2, 0.25) is 10.0 Å². The number of ether oxygens (including phenoxy) is 2. The zero-order valence-corrected chi connectivity index (χ0v) is 18.2. The number of nitrogens with one attached hydrogen (secondary N) is 1. The van der Waals surface area contributed by atoms with Crippen LogP contribution in [0.3, 0.4) is 0 Å². The molecule has 162 valence electrons. The SMILES string of the molecule is CCOc1cc(/C=N/NC(=O)CN(C)S(=O)(=O)c2ccc(OC)c(Cl)c2)ccc1O. The van der Waals surface area contributed by atoms with Crippen LogP contribution in [0.25, 0.3) is 0 Å². The van der Waals surface area contributed by atoms with Crippen molar-refractivity contribution in [3.05, 3.63) is 47.0 Å². The predicted octanol–water partition coefficient (Wildman–Crippen LogP) is 2.22. The van der Waals surface area contributed by atoms with Crippen molar-refractivity contribution in [3.63, 3.8) is 0 Å². The Bertz CT molecular complexity index is 1040. The average Bonchev–Trinajstić information content (AvgIpc) is 2.70. The number of sulfonamides is 1. The highest BCUT2D eigenvalue weighted by molar-refractivity contribution is 7.89. The number of likely N-dealkylation sites (N-methyl/N-ethyl adjacent to an activating group) is 1. The predicted molar refractivity (Wildman–Crippen MR) is 113 cm³/mol. The molecule has 11 heteroatoms. The van der Waals surface area contributed by atoms with E-state index >= 15 is 0 Å². The molecular formula is C19H22ClN3O6S. The van der Waals surface area contributed by atoms with Crippen LogP contribution in [0, 0.1) is 0 Å². The lowest BCUT2D eigenvalue weighted by molar-refractivity contribution is -0.121. The maximum atomic E-state index is 12.6. The molecular weight excluding hydrogens is 434 g/mol.